The van der Waals surface area contributed by atoms with Gasteiger partial charge in [0.25, 0.3) is 0 Å². The molecule has 0 N–H and O–H groups in total. The van der Waals surface area contributed by atoms with Crippen molar-refractivity contribution in [1.82, 2.24) is 0 Å². The van der Waals surface area contributed by atoms with Gasteiger partial charge in [-0.25, -0.2) is 0 Å². The SMILES string of the molecule is CCc1ccc(N(c2ccc(CC)cc2)c2ccc(-c3ccc(N(c4ccc(CC)cc4)c4ccc([Si](OC)(OC)OC)cc4)cc3)cc2)cc1. The largest absolute Gasteiger partial charge is 0.536 e. The average Bonchev–Trinajstić information content (AvgIpc) is 3.21. The molecule has 0 radical (unpaired) electrons. The molecule has 0 fully saturated rings. The Bertz CT molecular complexity index is 1920. The molecule has 0 saturated carbocycles. The first-order valence-electron chi connectivity index (χ1n) is 17.8. The molecule has 5 nitrogen and oxygen atoms in total. The second-order valence-corrected chi connectivity index (χ2v) is 15.5. The van der Waals surface area contributed by atoms with E-state index >= 15 is 0 Å². The lowest BCUT2D eigenvalue weighted by atomic mass is 10.0. The lowest BCUT2D eigenvalue weighted by Gasteiger charge is -2.28. The fourth-order valence-electron chi connectivity index (χ4n) is 6.56. The van der Waals surface area contributed by atoms with Crippen LogP contribution in [0.4, 0.5) is 34.1 Å². The standard InChI is InChI=1S/C45H48N2O3Si/c1-7-34-10-20-39(21-11-34)46(40-22-12-35(8-2)13-23-40)42-26-16-37(17-27-42)38-18-28-43(29-19-38)47(41-24-14-36(9-3)15-25-41)44-30-32-45(33-31-44)51(48-4,49-5)50-6/h10-33H,7-9H2,1-6H3. The van der Waals surface area contributed by atoms with Crippen LogP contribution in [0.15, 0.2) is 146 Å². The van der Waals surface area contributed by atoms with Crippen LogP contribution >= 0.6 is 0 Å². The molecule has 6 heteroatoms. The van der Waals surface area contributed by atoms with E-state index in [9.17, 15) is 0 Å². The van der Waals surface area contributed by atoms with Crippen LogP contribution in [0.5, 0.6) is 0 Å². The van der Waals surface area contributed by atoms with E-state index in [0.29, 0.717) is 0 Å². The third-order valence-electron chi connectivity index (χ3n) is 9.68. The van der Waals surface area contributed by atoms with Gasteiger partial charge in [-0.2, -0.15) is 0 Å². The molecule has 0 unspecified atom stereocenters. The van der Waals surface area contributed by atoms with E-state index < -0.39 is 8.80 Å². The molecule has 0 heterocycles. The Balaban J connectivity index is 1.31. The molecule has 51 heavy (non-hydrogen) atoms. The molecule has 0 aliphatic carbocycles. The van der Waals surface area contributed by atoms with Crippen molar-refractivity contribution in [3.05, 3.63) is 162 Å². The minimum Gasteiger partial charge on any atom is -0.373 e. The van der Waals surface area contributed by atoms with E-state index in [0.717, 1.165) is 69.7 Å². The monoisotopic (exact) mass is 692 g/mol. The molecule has 0 atom stereocenters. The first-order chi connectivity index (χ1) is 24.9. The highest BCUT2D eigenvalue weighted by atomic mass is 28.4. The summed E-state index contributed by atoms with van der Waals surface area (Å²) < 4.78 is 17.2. The zero-order chi connectivity index (χ0) is 35.8. The van der Waals surface area contributed by atoms with Crippen molar-refractivity contribution in [2.75, 3.05) is 31.1 Å². The number of anilines is 6. The third kappa shape index (κ3) is 7.70. The molecular weight excluding hydrogens is 645 g/mol. The van der Waals surface area contributed by atoms with Gasteiger partial charge in [-0.3, -0.25) is 0 Å². The maximum atomic E-state index is 5.73. The number of rotatable bonds is 14. The van der Waals surface area contributed by atoms with Crippen molar-refractivity contribution in [1.29, 1.82) is 0 Å². The van der Waals surface area contributed by atoms with E-state index in [2.05, 4.69) is 164 Å². The van der Waals surface area contributed by atoms with E-state index in [-0.39, 0.29) is 0 Å². The molecule has 0 amide bonds. The maximum Gasteiger partial charge on any atom is 0.536 e. The Hall–Kier alpha value is -4.98. The average molecular weight is 693 g/mol. The Labute approximate surface area is 305 Å². The quantitative estimate of drug-likeness (QED) is 0.106. The van der Waals surface area contributed by atoms with Gasteiger partial charge in [0, 0.05) is 60.6 Å². The summed E-state index contributed by atoms with van der Waals surface area (Å²) in [5.41, 5.74) is 12.9. The fourth-order valence-corrected chi connectivity index (χ4v) is 8.34. The van der Waals surface area contributed by atoms with Gasteiger partial charge in [-0.15, -0.1) is 0 Å². The smallest absolute Gasteiger partial charge is 0.373 e. The zero-order valence-electron chi connectivity index (χ0n) is 30.6. The van der Waals surface area contributed by atoms with Gasteiger partial charge in [0.1, 0.15) is 0 Å². The molecule has 6 rings (SSSR count). The highest BCUT2D eigenvalue weighted by molar-refractivity contribution is 6.75. The summed E-state index contributed by atoms with van der Waals surface area (Å²) in [6, 6.07) is 52.5. The number of hydrogen-bond donors (Lipinski definition) is 0. The van der Waals surface area contributed by atoms with E-state index in [1.54, 1.807) is 21.3 Å². The van der Waals surface area contributed by atoms with Crippen molar-refractivity contribution in [2.45, 2.75) is 40.0 Å². The number of nitrogens with zero attached hydrogens (tertiary/aromatic N) is 2. The van der Waals surface area contributed by atoms with Crippen LogP contribution in [0.1, 0.15) is 37.5 Å². The Morgan fingerprint density at radius 2 is 0.588 bits per heavy atom. The Morgan fingerprint density at radius 3 is 0.824 bits per heavy atom. The van der Waals surface area contributed by atoms with Gasteiger partial charge in [-0.1, -0.05) is 93.6 Å². The summed E-state index contributed by atoms with van der Waals surface area (Å²) in [4.78, 5) is 4.61. The molecule has 0 aliphatic rings. The van der Waals surface area contributed by atoms with E-state index in [1.165, 1.54) is 16.7 Å². The summed E-state index contributed by atoms with van der Waals surface area (Å²) in [7, 11) is 1.96. The van der Waals surface area contributed by atoms with Crippen LogP contribution in [-0.2, 0) is 32.5 Å². The number of aryl methyl sites for hydroxylation is 3. The normalized spacial score (nSPS) is 11.4. The van der Waals surface area contributed by atoms with Gasteiger partial charge in [0.2, 0.25) is 0 Å². The molecule has 6 aromatic rings. The summed E-state index contributed by atoms with van der Waals surface area (Å²) in [6.45, 7) is 6.57. The van der Waals surface area contributed by atoms with Crippen LogP contribution in [0.3, 0.4) is 0 Å². The predicted molar refractivity (Wildman–Crippen MR) is 216 cm³/mol. The predicted octanol–water partition coefficient (Wildman–Crippen LogP) is 11.1. The maximum absolute atomic E-state index is 5.73. The molecular formula is C45H48N2O3Si. The molecule has 0 aromatic heterocycles. The Kier molecular flexibility index (Phi) is 11.5. The summed E-state index contributed by atoms with van der Waals surface area (Å²) >= 11 is 0. The molecule has 0 spiro atoms. The highest BCUT2D eigenvalue weighted by Gasteiger charge is 2.40. The molecule has 6 aromatic carbocycles. The Morgan fingerprint density at radius 1 is 0.353 bits per heavy atom. The zero-order valence-corrected chi connectivity index (χ0v) is 31.6. The van der Waals surface area contributed by atoms with Crippen LogP contribution < -0.4 is 15.0 Å². The molecule has 0 bridgehead atoms. The van der Waals surface area contributed by atoms with Crippen molar-refractivity contribution in [3.8, 4) is 11.1 Å². The molecule has 260 valence electrons. The highest BCUT2D eigenvalue weighted by Crippen LogP contribution is 2.38. The van der Waals surface area contributed by atoms with Crippen molar-refractivity contribution < 1.29 is 13.3 Å². The van der Waals surface area contributed by atoms with Gasteiger partial charge in [0.05, 0.1) is 0 Å². The number of benzene rings is 6. The first kappa shape index (κ1) is 35.8. The van der Waals surface area contributed by atoms with E-state index in [4.69, 9.17) is 13.3 Å². The topological polar surface area (TPSA) is 34.2 Å². The van der Waals surface area contributed by atoms with Gasteiger partial charge in [-0.05, 0) is 120 Å². The third-order valence-corrected chi connectivity index (χ3v) is 12.3. The second kappa shape index (κ2) is 16.4. The minimum absolute atomic E-state index is 0.910. The van der Waals surface area contributed by atoms with E-state index in [1.807, 2.05) is 12.1 Å². The second-order valence-electron chi connectivity index (χ2n) is 12.5. The lowest BCUT2D eigenvalue weighted by Crippen LogP contribution is -2.54. The van der Waals surface area contributed by atoms with Crippen LogP contribution in [0.25, 0.3) is 11.1 Å². The number of hydrogen-bond acceptors (Lipinski definition) is 5. The van der Waals surface area contributed by atoms with Crippen molar-refractivity contribution >= 4 is 48.1 Å². The van der Waals surface area contributed by atoms with Crippen molar-refractivity contribution in [2.24, 2.45) is 0 Å². The molecule has 0 saturated heterocycles. The fraction of sp³-hybridized carbons (Fsp3) is 0.200. The summed E-state index contributed by atoms with van der Waals surface area (Å²) in [5.74, 6) is 0. The van der Waals surface area contributed by atoms with Crippen LogP contribution in [0, 0.1) is 0 Å². The van der Waals surface area contributed by atoms with Crippen LogP contribution in [0.2, 0.25) is 0 Å². The van der Waals surface area contributed by atoms with Gasteiger partial charge < -0.3 is 23.1 Å². The summed E-state index contributed by atoms with van der Waals surface area (Å²) in [5, 5.41) is 0.910. The van der Waals surface area contributed by atoms with Gasteiger partial charge >= 0.3 is 8.80 Å². The first-order valence-corrected chi connectivity index (χ1v) is 19.5. The molecule has 0 aliphatic heterocycles. The lowest BCUT2D eigenvalue weighted by molar-refractivity contribution is 0.140. The van der Waals surface area contributed by atoms with Crippen molar-refractivity contribution in [3.63, 3.8) is 0 Å². The minimum atomic E-state index is -2.95. The summed E-state index contributed by atoms with van der Waals surface area (Å²) in [6.07, 6.45) is 3.04. The van der Waals surface area contributed by atoms with Gasteiger partial charge in [0.15, 0.2) is 0 Å². The van der Waals surface area contributed by atoms with Crippen LogP contribution in [-0.4, -0.2) is 30.1 Å².